The van der Waals surface area contributed by atoms with Crippen molar-refractivity contribution in [3.63, 3.8) is 0 Å². The van der Waals surface area contributed by atoms with Crippen LogP contribution in [0.2, 0.25) is 0 Å². The Morgan fingerprint density at radius 1 is 1.40 bits per heavy atom. The first kappa shape index (κ1) is 13.6. The highest BCUT2D eigenvalue weighted by Crippen LogP contribution is 2.38. The molecule has 0 saturated carbocycles. The van der Waals surface area contributed by atoms with E-state index in [2.05, 4.69) is 35.5 Å². The molecule has 0 amide bonds. The van der Waals surface area contributed by atoms with Gasteiger partial charge in [-0.1, -0.05) is 12.1 Å². The summed E-state index contributed by atoms with van der Waals surface area (Å²) in [6.45, 7) is 0. The van der Waals surface area contributed by atoms with Crippen LogP contribution in [-0.2, 0) is 11.2 Å². The van der Waals surface area contributed by atoms with Crippen molar-refractivity contribution < 1.29 is 9.90 Å². The Balaban J connectivity index is 1.97. The van der Waals surface area contributed by atoms with E-state index >= 15 is 0 Å². The third-order valence-electron chi connectivity index (χ3n) is 3.59. The van der Waals surface area contributed by atoms with Crippen LogP contribution in [0.5, 0.6) is 0 Å². The molecule has 1 atom stereocenters. The quantitative estimate of drug-likeness (QED) is 0.870. The van der Waals surface area contributed by atoms with Gasteiger partial charge in [0.1, 0.15) is 5.01 Å². The molecule has 1 aromatic heterocycles. The van der Waals surface area contributed by atoms with Gasteiger partial charge in [-0.2, -0.15) is 0 Å². The first-order valence-corrected chi connectivity index (χ1v) is 8.60. The second-order valence-corrected chi connectivity index (χ2v) is 6.80. The zero-order valence-electron chi connectivity index (χ0n) is 11.1. The molecule has 3 nitrogen and oxygen atoms in total. The molecule has 0 saturated heterocycles. The lowest BCUT2D eigenvalue weighted by Crippen LogP contribution is -2.17. The largest absolute Gasteiger partial charge is 0.481 e. The molecule has 1 unspecified atom stereocenters. The van der Waals surface area contributed by atoms with Gasteiger partial charge in [0.2, 0.25) is 0 Å². The lowest BCUT2D eigenvalue weighted by molar-refractivity contribution is -0.139. The Kier molecular flexibility index (Phi) is 3.81. The molecule has 1 aliphatic rings. The van der Waals surface area contributed by atoms with Crippen LogP contribution in [0.15, 0.2) is 29.2 Å². The second kappa shape index (κ2) is 5.58. The summed E-state index contributed by atoms with van der Waals surface area (Å²) in [5, 5.41) is 10.2. The second-order valence-electron chi connectivity index (χ2n) is 4.84. The number of aryl methyl sites for hydroxylation is 1. The molecule has 0 fully saturated rings. The Bertz CT molecular complexity index is 634. The number of aromatic nitrogens is 1. The number of fused-ring (bicyclic) bond motifs is 1. The highest BCUT2D eigenvalue weighted by Gasteiger charge is 2.30. The van der Waals surface area contributed by atoms with Gasteiger partial charge < -0.3 is 5.11 Å². The van der Waals surface area contributed by atoms with Gasteiger partial charge in [0.05, 0.1) is 11.6 Å². The molecule has 0 aliphatic heterocycles. The summed E-state index contributed by atoms with van der Waals surface area (Å²) in [6.07, 6.45) is 4.65. The predicted octanol–water partition coefficient (Wildman–Crippen LogP) is 4.04. The van der Waals surface area contributed by atoms with Gasteiger partial charge in [-0.3, -0.25) is 4.79 Å². The standard InChI is InChI=1S/C15H15NO2S2/c1-19-10-7-5-9(6-8-10)14-16-13-11(15(17)18)3-2-4-12(13)20-14/h5-8,11H,2-4H2,1H3,(H,17,18). The maximum absolute atomic E-state index is 11.3. The Morgan fingerprint density at radius 2 is 2.15 bits per heavy atom. The summed E-state index contributed by atoms with van der Waals surface area (Å²) < 4.78 is 0. The first-order chi connectivity index (χ1) is 9.69. The van der Waals surface area contributed by atoms with Crippen molar-refractivity contribution in [2.75, 3.05) is 6.26 Å². The molecule has 2 aromatic rings. The van der Waals surface area contributed by atoms with Crippen LogP contribution in [0.25, 0.3) is 10.6 Å². The highest BCUT2D eigenvalue weighted by molar-refractivity contribution is 7.98. The van der Waals surface area contributed by atoms with Crippen LogP contribution >= 0.6 is 23.1 Å². The van der Waals surface area contributed by atoms with Gasteiger partial charge in [-0.25, -0.2) is 4.98 Å². The van der Waals surface area contributed by atoms with Crippen molar-refractivity contribution in [1.29, 1.82) is 0 Å². The van der Waals surface area contributed by atoms with Crippen LogP contribution in [-0.4, -0.2) is 22.3 Å². The highest BCUT2D eigenvalue weighted by atomic mass is 32.2. The zero-order chi connectivity index (χ0) is 14.1. The van der Waals surface area contributed by atoms with Crippen molar-refractivity contribution in [1.82, 2.24) is 4.98 Å². The molecule has 1 aromatic carbocycles. The van der Waals surface area contributed by atoms with Crippen molar-refractivity contribution >= 4 is 29.1 Å². The molecule has 0 radical (unpaired) electrons. The van der Waals surface area contributed by atoms with E-state index in [0.29, 0.717) is 6.42 Å². The minimum absolute atomic E-state index is 0.422. The number of carboxylic acids is 1. The van der Waals surface area contributed by atoms with Crippen LogP contribution in [0, 0.1) is 0 Å². The third kappa shape index (κ3) is 2.47. The minimum Gasteiger partial charge on any atom is -0.481 e. The lowest BCUT2D eigenvalue weighted by atomic mass is 9.91. The van der Waals surface area contributed by atoms with Crippen molar-refractivity contribution in [3.05, 3.63) is 34.8 Å². The van der Waals surface area contributed by atoms with Gasteiger partial charge in [0.15, 0.2) is 0 Å². The van der Waals surface area contributed by atoms with E-state index in [1.807, 2.05) is 0 Å². The normalized spacial score (nSPS) is 17.8. The minimum atomic E-state index is -0.750. The first-order valence-electron chi connectivity index (χ1n) is 6.56. The fraction of sp³-hybridized carbons (Fsp3) is 0.333. The van der Waals surface area contributed by atoms with Gasteiger partial charge in [0, 0.05) is 15.3 Å². The van der Waals surface area contributed by atoms with Crippen LogP contribution < -0.4 is 0 Å². The molecule has 5 heteroatoms. The van der Waals surface area contributed by atoms with E-state index < -0.39 is 11.9 Å². The number of rotatable bonds is 3. The van der Waals surface area contributed by atoms with E-state index in [-0.39, 0.29) is 0 Å². The molecular weight excluding hydrogens is 290 g/mol. The summed E-state index contributed by atoms with van der Waals surface area (Å²) in [7, 11) is 0. The zero-order valence-corrected chi connectivity index (χ0v) is 12.8. The van der Waals surface area contributed by atoms with E-state index in [0.717, 1.165) is 34.0 Å². The summed E-state index contributed by atoms with van der Waals surface area (Å²) >= 11 is 3.35. The molecule has 104 valence electrons. The molecule has 0 bridgehead atoms. The Labute approximate surface area is 126 Å². The number of hydrogen-bond donors (Lipinski definition) is 1. The molecule has 1 N–H and O–H groups in total. The number of thioether (sulfide) groups is 1. The van der Waals surface area contributed by atoms with E-state index in [9.17, 15) is 9.90 Å². The monoisotopic (exact) mass is 305 g/mol. The number of nitrogens with zero attached hydrogens (tertiary/aromatic N) is 1. The average Bonchev–Trinajstić information content (AvgIpc) is 2.90. The number of aliphatic carboxylic acids is 1. The van der Waals surface area contributed by atoms with Crippen molar-refractivity contribution in [3.8, 4) is 10.6 Å². The van der Waals surface area contributed by atoms with Crippen LogP contribution in [0.4, 0.5) is 0 Å². The lowest BCUT2D eigenvalue weighted by Gasteiger charge is -2.16. The Hall–Kier alpha value is -1.33. The van der Waals surface area contributed by atoms with Gasteiger partial charge in [-0.05, 0) is 37.7 Å². The average molecular weight is 305 g/mol. The van der Waals surface area contributed by atoms with E-state index in [1.165, 1.54) is 4.90 Å². The molecule has 20 heavy (non-hydrogen) atoms. The topological polar surface area (TPSA) is 50.2 Å². The number of carbonyl (C=O) groups is 1. The van der Waals surface area contributed by atoms with Crippen molar-refractivity contribution in [2.24, 2.45) is 0 Å². The number of thiazole rings is 1. The molecule has 1 heterocycles. The predicted molar refractivity (Wildman–Crippen MR) is 82.6 cm³/mol. The van der Waals surface area contributed by atoms with Gasteiger partial charge in [-0.15, -0.1) is 23.1 Å². The molecular formula is C15H15NO2S2. The van der Waals surface area contributed by atoms with Crippen LogP contribution in [0.3, 0.4) is 0 Å². The summed E-state index contributed by atoms with van der Waals surface area (Å²) in [5.41, 5.74) is 1.86. The maximum atomic E-state index is 11.3. The van der Waals surface area contributed by atoms with Gasteiger partial charge >= 0.3 is 5.97 Å². The molecule has 1 aliphatic carbocycles. The van der Waals surface area contributed by atoms with E-state index in [4.69, 9.17) is 0 Å². The number of hydrogen-bond acceptors (Lipinski definition) is 4. The fourth-order valence-electron chi connectivity index (χ4n) is 2.52. The number of carboxylic acid groups (broad SMARTS) is 1. The number of benzene rings is 1. The molecule has 3 rings (SSSR count). The van der Waals surface area contributed by atoms with Crippen molar-refractivity contribution in [2.45, 2.75) is 30.1 Å². The smallest absolute Gasteiger partial charge is 0.312 e. The molecule has 0 spiro atoms. The van der Waals surface area contributed by atoms with Crippen LogP contribution in [0.1, 0.15) is 29.3 Å². The maximum Gasteiger partial charge on any atom is 0.312 e. The summed E-state index contributed by atoms with van der Waals surface area (Å²) in [6, 6.07) is 8.28. The van der Waals surface area contributed by atoms with E-state index in [1.54, 1.807) is 23.1 Å². The summed E-state index contributed by atoms with van der Waals surface area (Å²) in [4.78, 5) is 18.3. The summed E-state index contributed by atoms with van der Waals surface area (Å²) in [5.74, 6) is -1.17. The third-order valence-corrected chi connectivity index (χ3v) is 5.51. The van der Waals surface area contributed by atoms with Gasteiger partial charge in [0.25, 0.3) is 0 Å². The SMILES string of the molecule is CSc1ccc(-c2nc3c(s2)CCCC3C(=O)O)cc1. The Morgan fingerprint density at radius 3 is 2.80 bits per heavy atom. The fourth-order valence-corrected chi connectivity index (χ4v) is 4.09.